The van der Waals surface area contributed by atoms with E-state index in [9.17, 15) is 20.1 Å². The lowest BCUT2D eigenvalue weighted by Gasteiger charge is -2.37. The predicted molar refractivity (Wildman–Crippen MR) is 116 cm³/mol. The number of aromatic hydroxyl groups is 2. The Hall–Kier alpha value is -3.45. The van der Waals surface area contributed by atoms with Gasteiger partial charge in [0, 0.05) is 17.2 Å². The number of Topliss-reactive ketones (excluding diaryl/α,β-unsaturated/α-hetero) is 1. The summed E-state index contributed by atoms with van der Waals surface area (Å²) in [4.78, 5) is 13.7. The maximum atomic E-state index is 13.7. The Balaban J connectivity index is 1.76. The van der Waals surface area contributed by atoms with Crippen LogP contribution in [0.4, 0.5) is 0 Å². The molecule has 7 heteroatoms. The van der Waals surface area contributed by atoms with E-state index in [0.717, 1.165) is 5.57 Å². The molecule has 2 aromatic carbocycles. The van der Waals surface area contributed by atoms with E-state index >= 15 is 0 Å². The van der Waals surface area contributed by atoms with Gasteiger partial charge in [-0.1, -0.05) is 11.6 Å². The van der Waals surface area contributed by atoms with Gasteiger partial charge in [-0.15, -0.1) is 0 Å². The van der Waals surface area contributed by atoms with Gasteiger partial charge in [-0.3, -0.25) is 4.79 Å². The second kappa shape index (κ2) is 6.53. The highest BCUT2D eigenvalue weighted by Gasteiger charge is 2.60. The molecule has 3 heterocycles. The first-order chi connectivity index (χ1) is 15.0. The number of rotatable bonds is 2. The molecule has 0 radical (unpaired) electrons. The standard InChI is InChI=1S/C25H24O7/c1-12(2)5-7-15-20-14(9-10-24(3,4)32-20)19(27)18-21(15)31-23-25(29,22(18)28)16-8-6-13(26)11-17(16)30-23/h5-6,8-11,23,26-27,29H,7H2,1-4H3/t23-,25-/m0/s1. The van der Waals surface area contributed by atoms with Crippen LogP contribution in [-0.4, -0.2) is 33.0 Å². The molecule has 2 aromatic rings. The van der Waals surface area contributed by atoms with Crippen molar-refractivity contribution in [3.05, 3.63) is 58.2 Å². The number of allylic oxidation sites excluding steroid dienone is 2. The summed E-state index contributed by atoms with van der Waals surface area (Å²) in [6.45, 7) is 7.69. The number of ether oxygens (including phenoxy) is 3. The Labute approximate surface area is 185 Å². The van der Waals surface area contributed by atoms with Crippen molar-refractivity contribution in [3.63, 3.8) is 0 Å². The molecule has 0 spiro atoms. The average Bonchev–Trinajstić information content (AvgIpc) is 2.99. The van der Waals surface area contributed by atoms with Gasteiger partial charge in [0.25, 0.3) is 6.29 Å². The Morgan fingerprint density at radius 3 is 2.62 bits per heavy atom. The number of hydrogen-bond donors (Lipinski definition) is 3. The van der Waals surface area contributed by atoms with Crippen LogP contribution in [0.1, 0.15) is 54.7 Å². The number of benzene rings is 2. The van der Waals surface area contributed by atoms with Crippen molar-refractivity contribution >= 4 is 11.9 Å². The quantitative estimate of drug-likeness (QED) is 0.612. The van der Waals surface area contributed by atoms with Gasteiger partial charge in [-0.2, -0.15) is 0 Å². The summed E-state index contributed by atoms with van der Waals surface area (Å²) in [6, 6.07) is 4.09. The normalized spacial score (nSPS) is 23.7. The van der Waals surface area contributed by atoms with Gasteiger partial charge in [0.2, 0.25) is 11.4 Å². The fraction of sp³-hybridized carbons (Fsp3) is 0.320. The molecule has 0 unspecified atom stereocenters. The smallest absolute Gasteiger partial charge is 0.281 e. The minimum atomic E-state index is -2.16. The number of hydrogen-bond acceptors (Lipinski definition) is 7. The van der Waals surface area contributed by atoms with Crippen molar-refractivity contribution in [2.24, 2.45) is 0 Å². The molecule has 0 aliphatic carbocycles. The second-order valence-electron chi connectivity index (χ2n) is 9.14. The highest BCUT2D eigenvalue weighted by Crippen LogP contribution is 2.55. The number of fused-ring (bicyclic) bond motifs is 5. The molecular weight excluding hydrogens is 412 g/mol. The zero-order valence-electron chi connectivity index (χ0n) is 18.2. The molecule has 0 bridgehead atoms. The Kier molecular flexibility index (Phi) is 4.17. The topological polar surface area (TPSA) is 105 Å². The Morgan fingerprint density at radius 2 is 1.91 bits per heavy atom. The van der Waals surface area contributed by atoms with Crippen molar-refractivity contribution < 1.29 is 34.3 Å². The van der Waals surface area contributed by atoms with Crippen LogP contribution in [0.15, 0.2) is 35.9 Å². The van der Waals surface area contributed by atoms with Crippen LogP contribution in [0, 0.1) is 0 Å². The maximum Gasteiger partial charge on any atom is 0.281 e. The summed E-state index contributed by atoms with van der Waals surface area (Å²) < 4.78 is 18.0. The van der Waals surface area contributed by atoms with E-state index in [1.165, 1.54) is 18.2 Å². The second-order valence-corrected chi connectivity index (χ2v) is 9.14. The Bertz CT molecular complexity index is 1230. The van der Waals surface area contributed by atoms with E-state index in [4.69, 9.17) is 14.2 Å². The monoisotopic (exact) mass is 436 g/mol. The molecule has 0 amide bonds. The first-order valence-corrected chi connectivity index (χ1v) is 10.4. The molecule has 3 aliphatic heterocycles. The first kappa shape index (κ1) is 20.5. The third-order valence-electron chi connectivity index (χ3n) is 5.99. The number of aliphatic hydroxyl groups is 1. The molecule has 0 saturated carbocycles. The SMILES string of the molecule is CC(C)=CCc1c2c(c(O)c3c1O[C@@H]1Oc4cc(O)ccc4[C@]1(O)C3=O)C=CC(C)(C)O2. The van der Waals surface area contributed by atoms with Crippen LogP contribution in [-0.2, 0) is 12.0 Å². The molecular formula is C25H24O7. The van der Waals surface area contributed by atoms with Crippen LogP contribution < -0.4 is 14.2 Å². The highest BCUT2D eigenvalue weighted by atomic mass is 16.7. The number of carbonyl (C=O) groups is 1. The summed E-state index contributed by atoms with van der Waals surface area (Å²) in [7, 11) is 0. The lowest BCUT2D eigenvalue weighted by molar-refractivity contribution is -0.119. The third kappa shape index (κ3) is 2.74. The van der Waals surface area contributed by atoms with Gasteiger partial charge in [-0.05, 0) is 58.4 Å². The van der Waals surface area contributed by atoms with Gasteiger partial charge in [0.05, 0.1) is 5.56 Å². The number of phenolic OH excluding ortho intramolecular Hbond substituents is 2. The third-order valence-corrected chi connectivity index (χ3v) is 5.99. The number of ketones is 1. The first-order valence-electron chi connectivity index (χ1n) is 10.4. The van der Waals surface area contributed by atoms with Crippen LogP contribution >= 0.6 is 0 Å². The molecule has 3 N–H and O–H groups in total. The fourth-order valence-corrected chi connectivity index (χ4v) is 4.34. The minimum Gasteiger partial charge on any atom is -0.508 e. The van der Waals surface area contributed by atoms with Gasteiger partial charge in [0.1, 0.15) is 39.9 Å². The Morgan fingerprint density at radius 1 is 1.16 bits per heavy atom. The van der Waals surface area contributed by atoms with Gasteiger partial charge >= 0.3 is 0 Å². The zero-order valence-corrected chi connectivity index (χ0v) is 18.2. The summed E-state index contributed by atoms with van der Waals surface area (Å²) in [5.74, 6) is -0.415. The van der Waals surface area contributed by atoms with Gasteiger partial charge < -0.3 is 29.5 Å². The van der Waals surface area contributed by atoms with Crippen molar-refractivity contribution in [3.8, 4) is 28.7 Å². The molecule has 2 atom stereocenters. The van der Waals surface area contributed by atoms with Crippen LogP contribution in [0.3, 0.4) is 0 Å². The molecule has 0 fully saturated rings. The summed E-state index contributed by atoms with van der Waals surface area (Å²) >= 11 is 0. The molecule has 5 rings (SSSR count). The minimum absolute atomic E-state index is 0.0701. The average molecular weight is 436 g/mol. The lowest BCUT2D eigenvalue weighted by atomic mass is 9.81. The van der Waals surface area contributed by atoms with E-state index in [1.807, 2.05) is 33.8 Å². The van der Waals surface area contributed by atoms with E-state index < -0.39 is 23.3 Å². The van der Waals surface area contributed by atoms with Crippen molar-refractivity contribution in [1.29, 1.82) is 0 Å². The number of phenols is 2. The lowest BCUT2D eigenvalue weighted by Crippen LogP contribution is -2.52. The van der Waals surface area contributed by atoms with Crippen molar-refractivity contribution in [2.75, 3.05) is 0 Å². The summed E-state index contributed by atoms with van der Waals surface area (Å²) in [6.07, 6.45) is 4.52. The van der Waals surface area contributed by atoms with Crippen LogP contribution in [0.5, 0.6) is 28.7 Å². The van der Waals surface area contributed by atoms with Gasteiger partial charge in [-0.25, -0.2) is 0 Å². The largest absolute Gasteiger partial charge is 0.508 e. The maximum absolute atomic E-state index is 13.7. The summed E-state index contributed by atoms with van der Waals surface area (Å²) in [5, 5.41) is 32.3. The van der Waals surface area contributed by atoms with E-state index in [2.05, 4.69) is 0 Å². The van der Waals surface area contributed by atoms with Crippen LogP contribution in [0.2, 0.25) is 0 Å². The molecule has 166 valence electrons. The van der Waals surface area contributed by atoms with E-state index in [1.54, 1.807) is 12.2 Å². The van der Waals surface area contributed by atoms with Gasteiger partial charge in [0.15, 0.2) is 0 Å². The highest BCUT2D eigenvalue weighted by molar-refractivity contribution is 6.10. The van der Waals surface area contributed by atoms with E-state index in [0.29, 0.717) is 23.3 Å². The van der Waals surface area contributed by atoms with Crippen molar-refractivity contribution in [2.45, 2.75) is 51.6 Å². The molecule has 32 heavy (non-hydrogen) atoms. The zero-order chi connectivity index (χ0) is 23.0. The molecule has 0 aromatic heterocycles. The van der Waals surface area contributed by atoms with Crippen molar-refractivity contribution in [1.82, 2.24) is 0 Å². The summed E-state index contributed by atoms with van der Waals surface area (Å²) in [5.41, 5.74) is -0.708. The van der Waals surface area contributed by atoms with E-state index in [-0.39, 0.29) is 34.1 Å². The molecule has 3 aliphatic rings. The predicted octanol–water partition coefficient (Wildman–Crippen LogP) is 3.97. The number of carbonyl (C=O) groups excluding carboxylic acids is 1. The van der Waals surface area contributed by atoms with Crippen LogP contribution in [0.25, 0.3) is 6.08 Å². The fourth-order valence-electron chi connectivity index (χ4n) is 4.34. The molecule has 0 saturated heterocycles. The molecule has 7 nitrogen and oxygen atoms in total.